The number of likely N-dealkylation sites (N-methyl/N-ethyl adjacent to an activating group) is 1. The second kappa shape index (κ2) is 5.92. The van der Waals surface area contributed by atoms with Crippen molar-refractivity contribution in [2.45, 2.75) is 38.8 Å². The van der Waals surface area contributed by atoms with Crippen molar-refractivity contribution in [3.8, 4) is 17.2 Å². The van der Waals surface area contributed by atoms with Gasteiger partial charge in [0.05, 0.1) is 14.2 Å². The lowest BCUT2D eigenvalue weighted by molar-refractivity contribution is 0.145. The van der Waals surface area contributed by atoms with Gasteiger partial charge in [0.2, 0.25) is 0 Å². The van der Waals surface area contributed by atoms with Gasteiger partial charge in [0, 0.05) is 24.2 Å². The summed E-state index contributed by atoms with van der Waals surface area (Å²) in [5.74, 6) is 2.29. The van der Waals surface area contributed by atoms with Gasteiger partial charge >= 0.3 is 0 Å². The van der Waals surface area contributed by atoms with Crippen LogP contribution in [0, 0.1) is 5.41 Å². The van der Waals surface area contributed by atoms with Gasteiger partial charge in [-0.2, -0.15) is 0 Å². The Morgan fingerprint density at radius 3 is 2.10 bits per heavy atom. The van der Waals surface area contributed by atoms with Gasteiger partial charge in [-0.1, -0.05) is 13.8 Å². The van der Waals surface area contributed by atoms with Crippen LogP contribution in [0.25, 0.3) is 0 Å². The summed E-state index contributed by atoms with van der Waals surface area (Å²) < 4.78 is 16.7. The first kappa shape index (κ1) is 15.0. The van der Waals surface area contributed by atoms with E-state index in [-0.39, 0.29) is 11.5 Å². The standard InChI is InChI=1S/C16H25NO3/c1-16(2)7-6-14(15(16)17-3)20-13-9-11(18-4)8-12(10-13)19-5/h8-10,14-15,17H,6-7H2,1-5H3. The lowest BCUT2D eigenvalue weighted by Crippen LogP contribution is -2.44. The molecule has 1 aromatic carbocycles. The number of benzene rings is 1. The quantitative estimate of drug-likeness (QED) is 0.899. The molecule has 112 valence electrons. The molecule has 0 spiro atoms. The Morgan fingerprint density at radius 1 is 1.05 bits per heavy atom. The van der Waals surface area contributed by atoms with Gasteiger partial charge < -0.3 is 19.5 Å². The Labute approximate surface area is 121 Å². The summed E-state index contributed by atoms with van der Waals surface area (Å²) in [7, 11) is 5.29. The van der Waals surface area contributed by atoms with Crippen molar-refractivity contribution in [3.05, 3.63) is 18.2 Å². The van der Waals surface area contributed by atoms with Crippen LogP contribution < -0.4 is 19.5 Å². The maximum Gasteiger partial charge on any atom is 0.127 e. The van der Waals surface area contributed by atoms with E-state index in [1.165, 1.54) is 0 Å². The number of rotatable bonds is 5. The smallest absolute Gasteiger partial charge is 0.127 e. The normalized spacial score (nSPS) is 24.4. The number of ether oxygens (including phenoxy) is 3. The molecule has 1 aliphatic carbocycles. The molecule has 2 rings (SSSR count). The van der Waals surface area contributed by atoms with Gasteiger partial charge in [0.25, 0.3) is 0 Å². The summed E-state index contributed by atoms with van der Waals surface area (Å²) >= 11 is 0. The van der Waals surface area contributed by atoms with Crippen molar-refractivity contribution in [3.63, 3.8) is 0 Å². The molecule has 1 N–H and O–H groups in total. The molecule has 0 aliphatic heterocycles. The van der Waals surface area contributed by atoms with Crippen LogP contribution in [-0.4, -0.2) is 33.4 Å². The second-order valence-electron chi connectivity index (χ2n) is 6.00. The Hall–Kier alpha value is -1.42. The Balaban J connectivity index is 2.17. The summed E-state index contributed by atoms with van der Waals surface area (Å²) in [6.07, 6.45) is 2.38. The highest BCUT2D eigenvalue weighted by atomic mass is 16.5. The number of nitrogens with one attached hydrogen (secondary N) is 1. The maximum atomic E-state index is 6.18. The largest absolute Gasteiger partial charge is 0.496 e. The van der Waals surface area contributed by atoms with Gasteiger partial charge in [-0.25, -0.2) is 0 Å². The minimum Gasteiger partial charge on any atom is -0.496 e. The number of methoxy groups -OCH3 is 2. The minimum atomic E-state index is 0.173. The summed E-state index contributed by atoms with van der Waals surface area (Å²) in [5, 5.41) is 3.39. The van der Waals surface area contributed by atoms with Crippen LogP contribution in [0.15, 0.2) is 18.2 Å². The summed E-state index contributed by atoms with van der Waals surface area (Å²) in [5.41, 5.74) is 0.252. The molecule has 1 saturated carbocycles. The van der Waals surface area contributed by atoms with E-state index in [9.17, 15) is 0 Å². The Kier molecular flexibility index (Phi) is 4.43. The Bertz CT molecular complexity index is 437. The Morgan fingerprint density at radius 2 is 1.60 bits per heavy atom. The van der Waals surface area contributed by atoms with E-state index in [0.29, 0.717) is 6.04 Å². The molecule has 0 bridgehead atoms. The van der Waals surface area contributed by atoms with Crippen molar-refractivity contribution in [1.29, 1.82) is 0 Å². The summed E-state index contributed by atoms with van der Waals surface area (Å²) in [6, 6.07) is 6.00. The van der Waals surface area contributed by atoms with E-state index in [0.717, 1.165) is 30.1 Å². The fourth-order valence-electron chi connectivity index (χ4n) is 3.07. The number of hydrogen-bond acceptors (Lipinski definition) is 4. The molecule has 0 aromatic heterocycles. The third-order valence-corrected chi connectivity index (χ3v) is 4.21. The van der Waals surface area contributed by atoms with E-state index in [1.54, 1.807) is 14.2 Å². The summed E-state index contributed by atoms with van der Waals surface area (Å²) in [4.78, 5) is 0. The van der Waals surface area contributed by atoms with Crippen molar-refractivity contribution in [2.24, 2.45) is 5.41 Å². The third kappa shape index (κ3) is 3.01. The van der Waals surface area contributed by atoms with Gasteiger partial charge in [-0.15, -0.1) is 0 Å². The van der Waals surface area contributed by atoms with Crippen molar-refractivity contribution < 1.29 is 14.2 Å². The van der Waals surface area contributed by atoms with Crippen LogP contribution in [0.1, 0.15) is 26.7 Å². The predicted octanol–water partition coefficient (Wildman–Crippen LogP) is 2.86. The van der Waals surface area contributed by atoms with E-state index in [1.807, 2.05) is 25.2 Å². The van der Waals surface area contributed by atoms with E-state index in [4.69, 9.17) is 14.2 Å². The van der Waals surface area contributed by atoms with Gasteiger partial charge in [-0.05, 0) is 25.3 Å². The predicted molar refractivity (Wildman–Crippen MR) is 79.8 cm³/mol. The highest BCUT2D eigenvalue weighted by Crippen LogP contribution is 2.40. The zero-order valence-corrected chi connectivity index (χ0v) is 13.0. The van der Waals surface area contributed by atoms with Crippen LogP contribution in [0.2, 0.25) is 0 Å². The van der Waals surface area contributed by atoms with Crippen LogP contribution in [-0.2, 0) is 0 Å². The molecule has 0 radical (unpaired) electrons. The van der Waals surface area contributed by atoms with Crippen LogP contribution in [0.3, 0.4) is 0 Å². The van der Waals surface area contributed by atoms with Crippen LogP contribution in [0.4, 0.5) is 0 Å². The molecule has 4 heteroatoms. The second-order valence-corrected chi connectivity index (χ2v) is 6.00. The average molecular weight is 279 g/mol. The zero-order chi connectivity index (χ0) is 14.8. The average Bonchev–Trinajstić information content (AvgIpc) is 2.72. The molecule has 0 amide bonds. The molecule has 0 heterocycles. The molecule has 4 nitrogen and oxygen atoms in total. The molecule has 2 unspecified atom stereocenters. The first-order valence-electron chi connectivity index (χ1n) is 7.07. The van der Waals surface area contributed by atoms with Crippen molar-refractivity contribution in [2.75, 3.05) is 21.3 Å². The monoisotopic (exact) mass is 279 g/mol. The third-order valence-electron chi connectivity index (χ3n) is 4.21. The molecule has 0 saturated heterocycles. The molecule has 1 aromatic rings. The van der Waals surface area contributed by atoms with Crippen LogP contribution >= 0.6 is 0 Å². The maximum absolute atomic E-state index is 6.18. The first-order chi connectivity index (χ1) is 9.50. The van der Waals surface area contributed by atoms with E-state index >= 15 is 0 Å². The highest BCUT2D eigenvalue weighted by Gasteiger charge is 2.42. The molecule has 2 atom stereocenters. The van der Waals surface area contributed by atoms with Gasteiger partial charge in [-0.3, -0.25) is 0 Å². The number of hydrogen-bond donors (Lipinski definition) is 1. The first-order valence-corrected chi connectivity index (χ1v) is 7.07. The lowest BCUT2D eigenvalue weighted by Gasteiger charge is -2.30. The van der Waals surface area contributed by atoms with Crippen molar-refractivity contribution >= 4 is 0 Å². The topological polar surface area (TPSA) is 39.7 Å². The molecule has 1 fully saturated rings. The summed E-state index contributed by atoms with van der Waals surface area (Å²) in [6.45, 7) is 4.56. The van der Waals surface area contributed by atoms with Gasteiger partial charge in [0.15, 0.2) is 0 Å². The van der Waals surface area contributed by atoms with Gasteiger partial charge in [0.1, 0.15) is 23.4 Å². The van der Waals surface area contributed by atoms with E-state index < -0.39 is 0 Å². The molecule has 20 heavy (non-hydrogen) atoms. The lowest BCUT2D eigenvalue weighted by atomic mass is 9.87. The zero-order valence-electron chi connectivity index (χ0n) is 13.0. The fourth-order valence-corrected chi connectivity index (χ4v) is 3.07. The molecular weight excluding hydrogens is 254 g/mol. The minimum absolute atomic E-state index is 0.173. The van der Waals surface area contributed by atoms with Crippen LogP contribution in [0.5, 0.6) is 17.2 Å². The molecular formula is C16H25NO3. The fraction of sp³-hybridized carbons (Fsp3) is 0.625. The highest BCUT2D eigenvalue weighted by molar-refractivity contribution is 5.42. The van der Waals surface area contributed by atoms with E-state index in [2.05, 4.69) is 19.2 Å². The van der Waals surface area contributed by atoms with Crippen molar-refractivity contribution in [1.82, 2.24) is 5.32 Å². The SMILES string of the molecule is CNC1C(Oc2cc(OC)cc(OC)c2)CCC1(C)C. The molecule has 1 aliphatic rings.